The van der Waals surface area contributed by atoms with Gasteiger partial charge in [0.1, 0.15) is 17.1 Å². The van der Waals surface area contributed by atoms with Gasteiger partial charge in [-0.15, -0.1) is 0 Å². The quantitative estimate of drug-likeness (QED) is 0.529. The van der Waals surface area contributed by atoms with Crippen LogP contribution in [0.2, 0.25) is 0 Å². The van der Waals surface area contributed by atoms with E-state index in [4.69, 9.17) is 14.2 Å². The third kappa shape index (κ3) is 3.93. The maximum Gasteiger partial charge on any atom is 0.339 e. The van der Waals surface area contributed by atoms with Gasteiger partial charge in [-0.2, -0.15) is 0 Å². The zero-order chi connectivity index (χ0) is 23.9. The highest BCUT2D eigenvalue weighted by molar-refractivity contribution is 5.91. The molecule has 2 aliphatic heterocycles. The molecule has 1 unspecified atom stereocenters. The summed E-state index contributed by atoms with van der Waals surface area (Å²) in [7, 11) is 3.24. The number of methoxy groups -OCH3 is 2. The van der Waals surface area contributed by atoms with Crippen LogP contribution >= 0.6 is 0 Å². The first-order valence-corrected chi connectivity index (χ1v) is 11.9. The molecule has 1 spiro atoms. The lowest BCUT2D eigenvalue weighted by atomic mass is 9.81. The van der Waals surface area contributed by atoms with Gasteiger partial charge < -0.3 is 24.3 Å². The first kappa shape index (κ1) is 22.7. The Morgan fingerprint density at radius 1 is 1.21 bits per heavy atom. The molecule has 2 fully saturated rings. The summed E-state index contributed by atoms with van der Waals surface area (Å²) in [6.45, 7) is 4.51. The Morgan fingerprint density at radius 3 is 2.74 bits per heavy atom. The van der Waals surface area contributed by atoms with Gasteiger partial charge in [-0.1, -0.05) is 6.07 Å². The molecule has 2 atom stereocenters. The number of piperidine rings is 1. The topological polar surface area (TPSA) is 84.0 Å². The molecular formula is C27H32N2O5. The van der Waals surface area contributed by atoms with Gasteiger partial charge in [0.05, 0.1) is 19.8 Å². The molecule has 2 saturated heterocycles. The molecule has 0 radical (unpaired) electrons. The molecule has 2 aromatic carbocycles. The minimum Gasteiger partial charge on any atom is -0.496 e. The minimum absolute atomic E-state index is 0.0728. The van der Waals surface area contributed by atoms with E-state index in [1.54, 1.807) is 13.2 Å². The van der Waals surface area contributed by atoms with Crippen LogP contribution in [0.1, 0.15) is 58.8 Å². The van der Waals surface area contributed by atoms with Gasteiger partial charge in [0, 0.05) is 48.4 Å². The lowest BCUT2D eigenvalue weighted by Crippen LogP contribution is -2.45. The van der Waals surface area contributed by atoms with E-state index in [-0.39, 0.29) is 17.2 Å². The second kappa shape index (κ2) is 8.96. The maximum absolute atomic E-state index is 11.6. The molecular weight excluding hydrogens is 432 g/mol. The molecule has 0 saturated carbocycles. The summed E-state index contributed by atoms with van der Waals surface area (Å²) in [5.41, 5.74) is 4.56. The van der Waals surface area contributed by atoms with E-state index >= 15 is 0 Å². The Hall–Kier alpha value is -3.03. The summed E-state index contributed by atoms with van der Waals surface area (Å²) >= 11 is 0. The highest BCUT2D eigenvalue weighted by atomic mass is 16.5. The number of carboxylic acids is 1. The van der Waals surface area contributed by atoms with Crippen LogP contribution < -0.4 is 9.47 Å². The van der Waals surface area contributed by atoms with Gasteiger partial charge in [0.15, 0.2) is 0 Å². The van der Waals surface area contributed by atoms with Crippen LogP contribution in [0, 0.1) is 6.92 Å². The van der Waals surface area contributed by atoms with E-state index in [1.807, 2.05) is 18.3 Å². The molecule has 5 rings (SSSR count). The van der Waals surface area contributed by atoms with E-state index in [0.717, 1.165) is 73.3 Å². The van der Waals surface area contributed by atoms with E-state index < -0.39 is 5.97 Å². The van der Waals surface area contributed by atoms with Gasteiger partial charge in [-0.25, -0.2) is 4.79 Å². The van der Waals surface area contributed by atoms with Crippen molar-refractivity contribution in [2.75, 3.05) is 27.4 Å². The van der Waals surface area contributed by atoms with Crippen molar-refractivity contribution in [1.82, 2.24) is 9.88 Å². The molecule has 2 aliphatic rings. The number of nitrogens with one attached hydrogen (secondary N) is 1. The Bertz CT molecular complexity index is 1210. The molecule has 3 aromatic rings. The maximum atomic E-state index is 11.6. The zero-order valence-electron chi connectivity index (χ0n) is 20.0. The van der Waals surface area contributed by atoms with Crippen molar-refractivity contribution in [2.45, 2.75) is 50.8 Å². The number of carboxylic acid groups (broad SMARTS) is 1. The summed E-state index contributed by atoms with van der Waals surface area (Å²) in [4.78, 5) is 17.5. The number of aromatic amines is 1. The monoisotopic (exact) mass is 464 g/mol. The summed E-state index contributed by atoms with van der Waals surface area (Å²) in [6.07, 6.45) is 5.98. The molecule has 0 aliphatic carbocycles. The number of aromatic nitrogens is 1. The number of aryl methyl sites for hydroxylation is 1. The average Bonchev–Trinajstić information content (AvgIpc) is 3.52. The lowest BCUT2D eigenvalue weighted by Gasteiger charge is -2.45. The van der Waals surface area contributed by atoms with E-state index in [2.05, 4.69) is 28.9 Å². The zero-order valence-corrected chi connectivity index (χ0v) is 20.0. The fraction of sp³-hybridized carbons (Fsp3) is 0.444. The van der Waals surface area contributed by atoms with Crippen molar-refractivity contribution in [3.63, 3.8) is 0 Å². The molecule has 7 heteroatoms. The van der Waals surface area contributed by atoms with Crippen LogP contribution in [0.25, 0.3) is 10.9 Å². The minimum atomic E-state index is -0.987. The van der Waals surface area contributed by atoms with Crippen LogP contribution in [0.15, 0.2) is 36.5 Å². The third-order valence-corrected chi connectivity index (χ3v) is 7.58. The molecule has 0 amide bonds. The Kier molecular flexibility index (Phi) is 6.00. The average molecular weight is 465 g/mol. The number of H-pyrrole nitrogens is 1. The fourth-order valence-corrected chi connectivity index (χ4v) is 5.79. The van der Waals surface area contributed by atoms with E-state index in [9.17, 15) is 9.90 Å². The standard InChI is InChI=1S/C27H32N2O5/c1-17-13-23(32-2)21(19-7-10-28-25(17)19)16-29-11-9-27(8-4-12-34-27)15-22(29)18-5-6-20(26(30)31)24(14-18)33-3/h5-7,10,13-14,22,28H,4,8-9,11-12,15-16H2,1-3H3,(H,30,31)/t22-,27?/m0/s1. The summed E-state index contributed by atoms with van der Waals surface area (Å²) in [5, 5.41) is 10.7. The second-order valence-corrected chi connectivity index (χ2v) is 9.48. The second-order valence-electron chi connectivity index (χ2n) is 9.48. The number of hydrogen-bond acceptors (Lipinski definition) is 5. The van der Waals surface area contributed by atoms with E-state index in [1.165, 1.54) is 12.5 Å². The number of carbonyl (C=O) groups is 1. The molecule has 3 heterocycles. The first-order chi connectivity index (χ1) is 16.4. The Labute approximate surface area is 199 Å². The number of nitrogens with zero attached hydrogens (tertiary/aromatic N) is 1. The number of rotatable bonds is 6. The SMILES string of the molecule is COc1cc([C@@H]2CC3(CCCO3)CCN2Cc2c(OC)cc(C)c3[nH]ccc23)ccc1C(=O)O. The summed E-state index contributed by atoms with van der Waals surface area (Å²) < 4.78 is 17.5. The van der Waals surface area contributed by atoms with Gasteiger partial charge in [-0.3, -0.25) is 4.90 Å². The van der Waals surface area contributed by atoms with Gasteiger partial charge >= 0.3 is 5.97 Å². The number of aromatic carboxylic acids is 1. The highest BCUT2D eigenvalue weighted by Crippen LogP contribution is 2.46. The van der Waals surface area contributed by atoms with Crippen LogP contribution in [0.3, 0.4) is 0 Å². The van der Waals surface area contributed by atoms with Crippen molar-refractivity contribution in [1.29, 1.82) is 0 Å². The number of hydrogen-bond donors (Lipinski definition) is 2. The van der Waals surface area contributed by atoms with Crippen molar-refractivity contribution in [3.05, 3.63) is 58.8 Å². The smallest absolute Gasteiger partial charge is 0.339 e. The highest BCUT2D eigenvalue weighted by Gasteiger charge is 2.43. The number of fused-ring (bicyclic) bond motifs is 1. The normalized spacial score (nSPS) is 23.0. The van der Waals surface area contributed by atoms with Crippen LogP contribution in [-0.2, 0) is 11.3 Å². The first-order valence-electron chi connectivity index (χ1n) is 11.9. The summed E-state index contributed by atoms with van der Waals surface area (Å²) in [5.74, 6) is 0.288. The van der Waals surface area contributed by atoms with Crippen molar-refractivity contribution >= 4 is 16.9 Å². The van der Waals surface area contributed by atoms with Gasteiger partial charge in [0.2, 0.25) is 0 Å². The molecule has 1 aromatic heterocycles. The Balaban J connectivity index is 1.55. The number of benzene rings is 2. The fourth-order valence-electron chi connectivity index (χ4n) is 5.79. The lowest BCUT2D eigenvalue weighted by molar-refractivity contribution is -0.0676. The Morgan fingerprint density at radius 2 is 2.03 bits per heavy atom. The van der Waals surface area contributed by atoms with Crippen molar-refractivity contribution < 1.29 is 24.1 Å². The summed E-state index contributed by atoms with van der Waals surface area (Å²) in [6, 6.07) is 9.75. The van der Waals surface area contributed by atoms with Crippen molar-refractivity contribution in [3.8, 4) is 11.5 Å². The molecule has 2 N–H and O–H groups in total. The van der Waals surface area contributed by atoms with Gasteiger partial charge in [0.25, 0.3) is 0 Å². The molecule has 0 bridgehead atoms. The van der Waals surface area contributed by atoms with Crippen LogP contribution in [0.4, 0.5) is 0 Å². The number of likely N-dealkylation sites (tertiary alicyclic amines) is 1. The third-order valence-electron chi connectivity index (χ3n) is 7.58. The predicted molar refractivity (Wildman–Crippen MR) is 130 cm³/mol. The predicted octanol–water partition coefficient (Wildman–Crippen LogP) is 5.08. The van der Waals surface area contributed by atoms with E-state index in [0.29, 0.717) is 5.75 Å². The van der Waals surface area contributed by atoms with Crippen LogP contribution in [0.5, 0.6) is 11.5 Å². The molecule has 7 nitrogen and oxygen atoms in total. The van der Waals surface area contributed by atoms with Crippen LogP contribution in [-0.4, -0.2) is 53.9 Å². The number of ether oxygens (including phenoxy) is 3. The molecule has 180 valence electrons. The molecule has 34 heavy (non-hydrogen) atoms. The van der Waals surface area contributed by atoms with Gasteiger partial charge in [-0.05, 0) is 68.0 Å². The largest absolute Gasteiger partial charge is 0.496 e. The van der Waals surface area contributed by atoms with Crippen molar-refractivity contribution in [2.24, 2.45) is 0 Å².